The normalized spacial score (nSPS) is 15.2. The van der Waals surface area contributed by atoms with Crippen LogP contribution in [0.3, 0.4) is 0 Å². The van der Waals surface area contributed by atoms with Crippen LogP contribution in [0.4, 0.5) is 0 Å². The molecule has 18 nitrogen and oxygen atoms in total. The van der Waals surface area contributed by atoms with Crippen molar-refractivity contribution in [1.82, 2.24) is 14.5 Å². The number of hydrogen-bond acceptors (Lipinski definition) is 14. The summed E-state index contributed by atoms with van der Waals surface area (Å²) in [6.45, 7) is 2.64. The Kier molecular flexibility index (Phi) is 12.1. The highest BCUT2D eigenvalue weighted by Crippen LogP contribution is 2.53. The van der Waals surface area contributed by atoms with Gasteiger partial charge < -0.3 is 23.9 Å². The molecule has 1 aromatic heterocycles. The van der Waals surface area contributed by atoms with Gasteiger partial charge in [-0.2, -0.15) is 5.10 Å². The van der Waals surface area contributed by atoms with E-state index < -0.39 is 50.9 Å². The molecule has 0 radical (unpaired) electrons. The van der Waals surface area contributed by atoms with E-state index in [9.17, 15) is 33.4 Å². The van der Waals surface area contributed by atoms with Gasteiger partial charge in [-0.3, -0.25) is 4.67 Å². The Morgan fingerprint density at radius 3 is 2.33 bits per heavy atom. The SMILES string of the molecule is Cc1cc(-c2ccc(C(=O)Oc3ccc(P(=S)(S)N4CCOCC4)cc3)c(OCC(CO[N+](=O)[O-])O[N+](=O)[O-])c2)n(-c2ccc(S(N)(=O)=O)cc2)n1. The van der Waals surface area contributed by atoms with E-state index in [4.69, 9.17) is 43.4 Å². The highest BCUT2D eigenvalue weighted by Gasteiger charge is 2.27. The van der Waals surface area contributed by atoms with E-state index in [0.717, 1.165) is 5.30 Å². The number of aryl methyl sites for hydroxylation is 1. The molecule has 5 rings (SSSR count). The lowest BCUT2D eigenvalue weighted by Gasteiger charge is -2.34. The second-order valence-corrected chi connectivity index (χ2v) is 19.0. The molecule has 1 saturated heterocycles. The summed E-state index contributed by atoms with van der Waals surface area (Å²) in [4.78, 5) is 44.0. The number of rotatable bonds is 15. The van der Waals surface area contributed by atoms with Crippen LogP contribution in [0.1, 0.15) is 16.1 Å². The van der Waals surface area contributed by atoms with Crippen molar-refractivity contribution in [3.05, 3.63) is 104 Å². The maximum Gasteiger partial charge on any atom is 0.347 e. The van der Waals surface area contributed by atoms with E-state index >= 15 is 0 Å². The number of primary sulfonamides is 1. The molecule has 0 saturated carbocycles. The number of aromatic nitrogens is 2. The summed E-state index contributed by atoms with van der Waals surface area (Å²) < 4.78 is 44.1. The number of ether oxygens (including phenoxy) is 3. The number of thiol groups is 1. The Hall–Kier alpha value is -4.63. The van der Waals surface area contributed by atoms with Gasteiger partial charge in [-0.05, 0) is 73.7 Å². The molecule has 1 aliphatic rings. The van der Waals surface area contributed by atoms with Crippen LogP contribution in [0, 0.1) is 27.2 Å². The van der Waals surface area contributed by atoms with Crippen LogP contribution < -0.4 is 19.9 Å². The van der Waals surface area contributed by atoms with Gasteiger partial charge in [0.1, 0.15) is 30.3 Å². The second-order valence-electron chi connectivity index (χ2n) is 11.1. The number of morpholine rings is 1. The minimum Gasteiger partial charge on any atom is -0.490 e. The Labute approximate surface area is 306 Å². The first-order valence-electron chi connectivity index (χ1n) is 15.2. The van der Waals surface area contributed by atoms with Crippen molar-refractivity contribution in [3.63, 3.8) is 0 Å². The molecule has 2 heterocycles. The standard InChI is InChI=1S/C30H31N6O12PS3/c1-20-16-28(34(32-20)22-3-9-26(10-4-22)52(31,42)43)21-2-11-27(29(17-21)45-18-24(48-36(40)41)19-46-35(38)39)30(37)47-23-5-7-25(8-6-23)49(50,51)33-12-14-44-15-13-33/h2-11,16-17,24H,12-15,18-19H2,1H3,(H,50,51)(H2,31,42,43). The smallest absolute Gasteiger partial charge is 0.347 e. The third-order valence-corrected chi connectivity index (χ3v) is 13.4. The predicted molar refractivity (Wildman–Crippen MR) is 192 cm³/mol. The van der Waals surface area contributed by atoms with Crippen LogP contribution in [0.15, 0.2) is 77.7 Å². The Morgan fingerprint density at radius 1 is 1.04 bits per heavy atom. The zero-order valence-electron chi connectivity index (χ0n) is 27.2. The molecule has 0 bridgehead atoms. The van der Waals surface area contributed by atoms with Crippen LogP contribution in [-0.4, -0.2) is 84.6 Å². The summed E-state index contributed by atoms with van der Waals surface area (Å²) in [5.41, 5.74) is 1.89. The summed E-state index contributed by atoms with van der Waals surface area (Å²) in [6.07, 6.45) is -1.56. The van der Waals surface area contributed by atoms with E-state index in [1.807, 2.05) is 0 Å². The molecule has 4 aromatic rings. The summed E-state index contributed by atoms with van der Waals surface area (Å²) in [6, 6.07) is 18.4. The van der Waals surface area contributed by atoms with Crippen LogP contribution in [-0.2, 0) is 36.2 Å². The molecule has 2 unspecified atom stereocenters. The van der Waals surface area contributed by atoms with Gasteiger partial charge in [0.05, 0.1) is 40.6 Å². The molecule has 0 spiro atoms. The molecule has 1 fully saturated rings. The predicted octanol–water partition coefficient (Wildman–Crippen LogP) is 3.08. The molecule has 0 amide bonds. The molecule has 3 aromatic carbocycles. The minimum absolute atomic E-state index is 0.101. The molecule has 0 aliphatic carbocycles. The van der Waals surface area contributed by atoms with Crippen LogP contribution in [0.25, 0.3) is 16.9 Å². The third kappa shape index (κ3) is 9.62. The molecule has 2 atom stereocenters. The summed E-state index contributed by atoms with van der Waals surface area (Å²) in [7, 11) is -3.95. The van der Waals surface area contributed by atoms with Gasteiger partial charge in [-0.15, -0.1) is 32.5 Å². The first-order valence-corrected chi connectivity index (χ1v) is 20.6. The molecule has 2 N–H and O–H groups in total. The Bertz CT molecular complexity index is 2110. The maximum absolute atomic E-state index is 13.6. The number of nitrogens with zero attached hydrogens (tertiary/aromatic N) is 5. The van der Waals surface area contributed by atoms with Gasteiger partial charge in [0.15, 0.2) is 6.10 Å². The van der Waals surface area contributed by atoms with Crippen molar-refractivity contribution in [3.8, 4) is 28.4 Å². The maximum atomic E-state index is 13.6. The Morgan fingerprint density at radius 2 is 1.71 bits per heavy atom. The van der Waals surface area contributed by atoms with E-state index in [0.29, 0.717) is 48.9 Å². The summed E-state index contributed by atoms with van der Waals surface area (Å²) in [5.74, 6) is -0.797. The van der Waals surface area contributed by atoms with Crippen molar-refractivity contribution in [1.29, 1.82) is 0 Å². The second kappa shape index (κ2) is 16.4. The number of carbonyl (C=O) groups excluding carboxylic acids is 1. The lowest BCUT2D eigenvalue weighted by atomic mass is 10.1. The first kappa shape index (κ1) is 38.6. The Balaban J connectivity index is 1.46. The van der Waals surface area contributed by atoms with Gasteiger partial charge in [0.2, 0.25) is 10.0 Å². The number of carbonyl (C=O) groups is 1. The third-order valence-electron chi connectivity index (χ3n) is 7.52. The van der Waals surface area contributed by atoms with Crippen molar-refractivity contribution in [2.45, 2.75) is 17.9 Å². The number of esters is 1. The van der Waals surface area contributed by atoms with E-state index in [1.54, 1.807) is 43.3 Å². The van der Waals surface area contributed by atoms with Gasteiger partial charge >= 0.3 is 5.97 Å². The minimum atomic E-state index is -3.95. The lowest BCUT2D eigenvalue weighted by Crippen LogP contribution is -2.35. The number of benzene rings is 3. The fourth-order valence-electron chi connectivity index (χ4n) is 5.06. The molecular weight excluding hydrogens is 764 g/mol. The molecule has 52 heavy (non-hydrogen) atoms. The van der Waals surface area contributed by atoms with Crippen molar-refractivity contribution in [2.24, 2.45) is 5.14 Å². The first-order chi connectivity index (χ1) is 24.6. The van der Waals surface area contributed by atoms with Gasteiger partial charge in [0.25, 0.3) is 10.2 Å². The quantitative estimate of drug-likeness (QED) is 0.0440. The lowest BCUT2D eigenvalue weighted by molar-refractivity contribution is -0.790. The molecule has 22 heteroatoms. The highest BCUT2D eigenvalue weighted by molar-refractivity contribution is 8.65. The summed E-state index contributed by atoms with van der Waals surface area (Å²) in [5, 5.41) is 27.7. The van der Waals surface area contributed by atoms with Gasteiger partial charge in [-0.1, -0.05) is 17.9 Å². The monoisotopic (exact) mass is 794 g/mol. The van der Waals surface area contributed by atoms with Crippen LogP contribution in [0.2, 0.25) is 0 Å². The van der Waals surface area contributed by atoms with Crippen molar-refractivity contribution >= 4 is 50.7 Å². The largest absolute Gasteiger partial charge is 0.490 e. The van der Waals surface area contributed by atoms with Crippen LogP contribution >= 0.6 is 17.6 Å². The number of sulfonamides is 1. The number of hydrogen-bond donors (Lipinski definition) is 2. The van der Waals surface area contributed by atoms with E-state index in [1.165, 1.54) is 41.1 Å². The van der Waals surface area contributed by atoms with E-state index in [2.05, 4.69) is 19.4 Å². The molecule has 1 aliphatic heterocycles. The summed E-state index contributed by atoms with van der Waals surface area (Å²) >= 11 is 10.7. The van der Waals surface area contributed by atoms with Gasteiger partial charge in [-0.25, -0.2) is 23.0 Å². The average Bonchev–Trinajstić information content (AvgIpc) is 3.50. The zero-order chi connectivity index (χ0) is 37.6. The van der Waals surface area contributed by atoms with Gasteiger partial charge in [0, 0.05) is 24.0 Å². The molecule has 276 valence electrons. The topological polar surface area (TPSA) is 231 Å². The fourth-order valence-corrected chi connectivity index (χ4v) is 8.94. The molecular formula is C30H31N6O12PS3. The van der Waals surface area contributed by atoms with Crippen LogP contribution in [0.5, 0.6) is 11.5 Å². The highest BCUT2D eigenvalue weighted by atomic mass is 32.9. The van der Waals surface area contributed by atoms with E-state index in [-0.39, 0.29) is 22.0 Å². The average molecular weight is 795 g/mol. The fraction of sp³-hybridized carbons (Fsp3) is 0.267. The van der Waals surface area contributed by atoms with Crippen molar-refractivity contribution < 1.29 is 47.3 Å². The van der Waals surface area contributed by atoms with Crippen molar-refractivity contribution in [2.75, 3.05) is 39.5 Å². The zero-order valence-corrected chi connectivity index (χ0v) is 30.6. The number of nitrogens with two attached hydrogens (primary N) is 1.